The fraction of sp³-hybridized carbons (Fsp3) is 0.333. The Balaban J connectivity index is 0.000000120. The van der Waals surface area contributed by atoms with E-state index in [1.807, 2.05) is 6.21 Å². The monoisotopic (exact) mass is 232 g/mol. The molecule has 2 aromatic heterocycles. The molecule has 0 saturated heterocycles. The van der Waals surface area contributed by atoms with Gasteiger partial charge in [-0.3, -0.25) is 0 Å². The molecule has 4 heterocycles. The Hall–Kier alpha value is -2.38. The number of aromatic nitrogens is 6. The summed E-state index contributed by atoms with van der Waals surface area (Å²) in [5.74, 6) is 1.84. The molecule has 88 valence electrons. The van der Waals surface area contributed by atoms with Crippen molar-refractivity contribution in [1.29, 1.82) is 0 Å². The summed E-state index contributed by atoms with van der Waals surface area (Å²) in [5, 5.41) is 19.0. The van der Waals surface area contributed by atoms with Crippen molar-refractivity contribution in [2.75, 3.05) is 0 Å². The molecule has 17 heavy (non-hydrogen) atoms. The first kappa shape index (κ1) is 11.1. The molecule has 8 nitrogen and oxygen atoms in total. The lowest BCUT2D eigenvalue weighted by molar-refractivity contribution is 0.733. The van der Waals surface area contributed by atoms with Crippen molar-refractivity contribution in [3.63, 3.8) is 0 Å². The normalized spacial score (nSPS) is 13.6. The first-order valence-electron chi connectivity index (χ1n) is 4.77. The van der Waals surface area contributed by atoms with E-state index in [-0.39, 0.29) is 7.43 Å². The highest BCUT2D eigenvalue weighted by molar-refractivity contribution is 5.62. The number of rotatable bonds is 0. The van der Waals surface area contributed by atoms with Crippen LogP contribution in [0.3, 0.4) is 0 Å². The van der Waals surface area contributed by atoms with E-state index in [9.17, 15) is 0 Å². The van der Waals surface area contributed by atoms with Gasteiger partial charge in [-0.25, -0.2) is 9.66 Å². The molecule has 0 atom stereocenters. The van der Waals surface area contributed by atoms with Crippen molar-refractivity contribution in [3.05, 3.63) is 24.3 Å². The summed E-state index contributed by atoms with van der Waals surface area (Å²) in [6, 6.07) is 0. The average Bonchev–Trinajstić information content (AvgIpc) is 2.99. The molecule has 0 bridgehead atoms. The van der Waals surface area contributed by atoms with Crippen LogP contribution in [0.25, 0.3) is 0 Å². The Labute approximate surface area is 97.7 Å². The van der Waals surface area contributed by atoms with E-state index >= 15 is 0 Å². The Morgan fingerprint density at radius 1 is 1.06 bits per heavy atom. The molecular formula is C9H12N8. The smallest absolute Gasteiger partial charge is 0.159 e. The standard InChI is InChI=1S/2C4H4N4.CH4/c1-2-6-8-3-5-7-4(1)8;1-2-6-8-4(1)5-3-7-8;/h2*2-3H,1H2;1H4. The predicted molar refractivity (Wildman–Crippen MR) is 62.0 cm³/mol. The second kappa shape index (κ2) is 4.64. The van der Waals surface area contributed by atoms with E-state index in [0.29, 0.717) is 0 Å². The summed E-state index contributed by atoms with van der Waals surface area (Å²) < 4.78 is 1.67. The Kier molecular flexibility index (Phi) is 3.03. The molecule has 2 aliphatic rings. The molecule has 0 fully saturated rings. The Bertz CT molecular complexity index is 499. The summed E-state index contributed by atoms with van der Waals surface area (Å²) in [4.78, 5) is 5.45. The van der Waals surface area contributed by atoms with Gasteiger partial charge in [-0.1, -0.05) is 7.43 Å². The van der Waals surface area contributed by atoms with E-state index in [4.69, 9.17) is 0 Å². The number of nitrogens with zero attached hydrogens (tertiary/aromatic N) is 8. The summed E-state index contributed by atoms with van der Waals surface area (Å²) in [7, 11) is 0. The van der Waals surface area contributed by atoms with Gasteiger partial charge < -0.3 is 0 Å². The van der Waals surface area contributed by atoms with E-state index < -0.39 is 0 Å². The van der Waals surface area contributed by atoms with E-state index in [2.05, 4.69) is 30.5 Å². The molecule has 0 amide bonds. The molecule has 0 radical (unpaired) electrons. The second-order valence-electron chi connectivity index (χ2n) is 3.16. The maximum Gasteiger partial charge on any atom is 0.159 e. The molecule has 2 aliphatic heterocycles. The fourth-order valence-electron chi connectivity index (χ4n) is 1.39. The highest BCUT2D eigenvalue weighted by atomic mass is 15.6. The molecule has 0 aromatic carbocycles. The molecule has 0 spiro atoms. The first-order chi connectivity index (χ1) is 7.93. The second-order valence-corrected chi connectivity index (χ2v) is 3.16. The molecular weight excluding hydrogens is 220 g/mol. The molecule has 8 heteroatoms. The van der Waals surface area contributed by atoms with Gasteiger partial charge in [0.2, 0.25) is 0 Å². The van der Waals surface area contributed by atoms with Crippen LogP contribution in [0.1, 0.15) is 19.1 Å². The van der Waals surface area contributed by atoms with Gasteiger partial charge in [0.1, 0.15) is 12.7 Å². The molecule has 0 N–H and O–H groups in total. The summed E-state index contributed by atoms with van der Waals surface area (Å²) >= 11 is 0. The molecule has 0 aliphatic carbocycles. The Morgan fingerprint density at radius 2 is 1.88 bits per heavy atom. The van der Waals surface area contributed by atoms with Crippen molar-refractivity contribution >= 4 is 12.4 Å². The summed E-state index contributed by atoms with van der Waals surface area (Å²) in [6.07, 6.45) is 8.34. The summed E-state index contributed by atoms with van der Waals surface area (Å²) in [5.41, 5.74) is 0. The third-order valence-corrected chi connectivity index (χ3v) is 2.14. The summed E-state index contributed by atoms with van der Waals surface area (Å²) in [6.45, 7) is 0. The minimum absolute atomic E-state index is 0. The van der Waals surface area contributed by atoms with Gasteiger partial charge in [0.15, 0.2) is 11.6 Å². The number of fused-ring (bicyclic) bond motifs is 2. The van der Waals surface area contributed by atoms with Crippen LogP contribution < -0.4 is 0 Å². The van der Waals surface area contributed by atoms with Crippen LogP contribution in [0.2, 0.25) is 0 Å². The first-order valence-corrected chi connectivity index (χ1v) is 4.77. The van der Waals surface area contributed by atoms with Crippen LogP contribution >= 0.6 is 0 Å². The molecule has 2 aromatic rings. The Morgan fingerprint density at radius 3 is 2.71 bits per heavy atom. The van der Waals surface area contributed by atoms with Gasteiger partial charge in [0.25, 0.3) is 0 Å². The highest BCUT2D eigenvalue weighted by Crippen LogP contribution is 1.99. The number of hydrogen-bond donors (Lipinski definition) is 0. The SMILES string of the molecule is C.C1=Nn2cnnc2C1.C1=Nn2ncnc2C1. The van der Waals surface area contributed by atoms with Crippen LogP contribution in [0.15, 0.2) is 22.9 Å². The van der Waals surface area contributed by atoms with Gasteiger partial charge >= 0.3 is 0 Å². The zero-order chi connectivity index (χ0) is 10.8. The molecule has 0 saturated carbocycles. The predicted octanol–water partition coefficient (Wildman–Crippen LogP) is -0.0277. The largest absolute Gasteiger partial charge is 0.217 e. The van der Waals surface area contributed by atoms with Gasteiger partial charge in [-0.05, 0) is 0 Å². The van der Waals surface area contributed by atoms with E-state index in [1.165, 1.54) is 11.1 Å². The van der Waals surface area contributed by atoms with Crippen molar-refractivity contribution in [2.24, 2.45) is 10.2 Å². The topological polar surface area (TPSA) is 86.1 Å². The third kappa shape index (κ3) is 2.10. The maximum absolute atomic E-state index is 3.93. The van der Waals surface area contributed by atoms with E-state index in [0.717, 1.165) is 24.5 Å². The number of hydrogen-bond acceptors (Lipinski definition) is 6. The quantitative estimate of drug-likeness (QED) is 0.638. The van der Waals surface area contributed by atoms with Crippen molar-refractivity contribution in [2.45, 2.75) is 20.3 Å². The minimum Gasteiger partial charge on any atom is -0.217 e. The van der Waals surface area contributed by atoms with Gasteiger partial charge in [-0.15, -0.1) is 20.1 Å². The van der Waals surface area contributed by atoms with Crippen molar-refractivity contribution < 1.29 is 0 Å². The maximum atomic E-state index is 3.93. The average molecular weight is 232 g/mol. The van der Waals surface area contributed by atoms with Crippen molar-refractivity contribution in [1.82, 2.24) is 29.7 Å². The lowest BCUT2D eigenvalue weighted by Crippen LogP contribution is -1.88. The fourth-order valence-corrected chi connectivity index (χ4v) is 1.39. The highest BCUT2D eigenvalue weighted by Gasteiger charge is 2.05. The van der Waals surface area contributed by atoms with Crippen LogP contribution in [-0.4, -0.2) is 42.2 Å². The molecule has 0 unspecified atom stereocenters. The van der Waals surface area contributed by atoms with Crippen LogP contribution in [0.4, 0.5) is 0 Å². The van der Waals surface area contributed by atoms with Crippen molar-refractivity contribution in [3.8, 4) is 0 Å². The van der Waals surface area contributed by atoms with Crippen LogP contribution in [0.5, 0.6) is 0 Å². The van der Waals surface area contributed by atoms with Crippen LogP contribution in [0, 0.1) is 0 Å². The lowest BCUT2D eigenvalue weighted by Gasteiger charge is -1.81. The zero-order valence-electron chi connectivity index (χ0n) is 8.30. The zero-order valence-corrected chi connectivity index (χ0v) is 8.30. The van der Waals surface area contributed by atoms with Gasteiger partial charge in [0, 0.05) is 25.3 Å². The minimum atomic E-state index is 0. The third-order valence-electron chi connectivity index (χ3n) is 2.14. The molecule has 4 rings (SSSR count). The van der Waals surface area contributed by atoms with Gasteiger partial charge in [0.05, 0.1) is 0 Å². The van der Waals surface area contributed by atoms with Crippen LogP contribution in [-0.2, 0) is 12.8 Å². The van der Waals surface area contributed by atoms with Gasteiger partial charge in [-0.2, -0.15) is 10.2 Å². The van der Waals surface area contributed by atoms with E-state index in [1.54, 1.807) is 17.2 Å². The lowest BCUT2D eigenvalue weighted by atomic mass is 10.5.